The van der Waals surface area contributed by atoms with Gasteiger partial charge in [0.2, 0.25) is 0 Å². The second-order valence-corrected chi connectivity index (χ2v) is 5.60. The molecule has 21 heavy (non-hydrogen) atoms. The molecule has 1 aromatic heterocycles. The number of rotatable bonds is 3. The highest BCUT2D eigenvalue weighted by Crippen LogP contribution is 2.23. The molecule has 0 fully saturated rings. The summed E-state index contributed by atoms with van der Waals surface area (Å²) in [6.07, 6.45) is 2.74. The number of aromatic nitrogens is 3. The first-order valence-corrected chi connectivity index (χ1v) is 7.46. The topological polar surface area (TPSA) is 66.5 Å². The molecule has 1 aliphatic rings. The fourth-order valence-electron chi connectivity index (χ4n) is 2.58. The Morgan fingerprint density at radius 3 is 3.14 bits per heavy atom. The first-order chi connectivity index (χ1) is 10.2. The SMILES string of the molecule is CCc1nc2n(n1)CC(Nc1ccc(Cl)cc1C#N)CC2. The van der Waals surface area contributed by atoms with Crippen LogP contribution in [0.1, 0.15) is 30.6 Å². The maximum absolute atomic E-state index is 9.19. The molecule has 0 spiro atoms. The number of aryl methyl sites for hydroxylation is 2. The normalized spacial score (nSPS) is 17.1. The van der Waals surface area contributed by atoms with E-state index in [1.165, 1.54) is 0 Å². The number of benzene rings is 1. The van der Waals surface area contributed by atoms with Crippen molar-refractivity contribution in [2.75, 3.05) is 5.32 Å². The van der Waals surface area contributed by atoms with Crippen LogP contribution in [0.4, 0.5) is 5.69 Å². The molecule has 0 aliphatic carbocycles. The van der Waals surface area contributed by atoms with Crippen molar-refractivity contribution in [2.45, 2.75) is 38.8 Å². The van der Waals surface area contributed by atoms with Gasteiger partial charge in [-0.05, 0) is 24.6 Å². The van der Waals surface area contributed by atoms with E-state index in [1.807, 2.05) is 10.7 Å². The molecule has 6 heteroatoms. The average molecular weight is 302 g/mol. The van der Waals surface area contributed by atoms with E-state index >= 15 is 0 Å². The highest BCUT2D eigenvalue weighted by molar-refractivity contribution is 6.30. The second-order valence-electron chi connectivity index (χ2n) is 5.16. The monoisotopic (exact) mass is 301 g/mol. The summed E-state index contributed by atoms with van der Waals surface area (Å²) in [5, 5.41) is 17.7. The molecular weight excluding hydrogens is 286 g/mol. The van der Waals surface area contributed by atoms with Gasteiger partial charge in [-0.2, -0.15) is 10.4 Å². The minimum Gasteiger partial charge on any atom is -0.379 e. The lowest BCUT2D eigenvalue weighted by Gasteiger charge is -2.25. The number of anilines is 1. The number of hydrogen-bond donors (Lipinski definition) is 1. The van der Waals surface area contributed by atoms with Crippen LogP contribution in [0.5, 0.6) is 0 Å². The summed E-state index contributed by atoms with van der Waals surface area (Å²) in [5.41, 5.74) is 1.40. The quantitative estimate of drug-likeness (QED) is 0.946. The number of nitrogens with one attached hydrogen (secondary N) is 1. The molecule has 108 valence electrons. The Bertz CT molecular complexity index is 701. The molecule has 0 amide bonds. The molecule has 0 saturated carbocycles. The van der Waals surface area contributed by atoms with Crippen molar-refractivity contribution in [3.63, 3.8) is 0 Å². The van der Waals surface area contributed by atoms with Gasteiger partial charge in [0.25, 0.3) is 0 Å². The van der Waals surface area contributed by atoms with Crippen LogP contribution >= 0.6 is 11.6 Å². The summed E-state index contributed by atoms with van der Waals surface area (Å²) in [6.45, 7) is 2.83. The molecule has 1 aromatic carbocycles. The average Bonchev–Trinajstić information content (AvgIpc) is 2.91. The van der Waals surface area contributed by atoms with Crippen LogP contribution in [0.3, 0.4) is 0 Å². The third kappa shape index (κ3) is 2.86. The number of nitrogens with zero attached hydrogens (tertiary/aromatic N) is 4. The van der Waals surface area contributed by atoms with Crippen LogP contribution in [-0.4, -0.2) is 20.8 Å². The molecule has 0 radical (unpaired) electrons. The van der Waals surface area contributed by atoms with Crippen LogP contribution < -0.4 is 5.32 Å². The lowest BCUT2D eigenvalue weighted by Crippen LogP contribution is -2.32. The van der Waals surface area contributed by atoms with E-state index in [2.05, 4.69) is 28.4 Å². The van der Waals surface area contributed by atoms with E-state index in [0.717, 1.165) is 43.1 Å². The molecule has 3 rings (SSSR count). The minimum absolute atomic E-state index is 0.247. The molecular formula is C15H16ClN5. The number of hydrogen-bond acceptors (Lipinski definition) is 4. The molecule has 1 N–H and O–H groups in total. The fourth-order valence-corrected chi connectivity index (χ4v) is 2.76. The van der Waals surface area contributed by atoms with E-state index in [4.69, 9.17) is 11.6 Å². The van der Waals surface area contributed by atoms with Gasteiger partial charge in [-0.15, -0.1) is 0 Å². The lowest BCUT2D eigenvalue weighted by atomic mass is 10.1. The van der Waals surface area contributed by atoms with Crippen molar-refractivity contribution in [2.24, 2.45) is 0 Å². The van der Waals surface area contributed by atoms with Crippen molar-refractivity contribution >= 4 is 17.3 Å². The predicted octanol–water partition coefficient (Wildman–Crippen LogP) is 2.79. The van der Waals surface area contributed by atoms with E-state index in [1.54, 1.807) is 12.1 Å². The maximum atomic E-state index is 9.19. The van der Waals surface area contributed by atoms with E-state index < -0.39 is 0 Å². The molecule has 2 aromatic rings. The molecule has 1 aliphatic heterocycles. The Hall–Kier alpha value is -2.06. The van der Waals surface area contributed by atoms with Gasteiger partial charge in [-0.3, -0.25) is 0 Å². The van der Waals surface area contributed by atoms with Crippen molar-refractivity contribution in [3.8, 4) is 6.07 Å². The Balaban J connectivity index is 1.77. The zero-order valence-corrected chi connectivity index (χ0v) is 12.6. The number of fused-ring (bicyclic) bond motifs is 1. The summed E-state index contributed by atoms with van der Waals surface area (Å²) in [4.78, 5) is 4.51. The third-order valence-electron chi connectivity index (χ3n) is 3.68. The smallest absolute Gasteiger partial charge is 0.150 e. The largest absolute Gasteiger partial charge is 0.379 e. The zero-order valence-electron chi connectivity index (χ0n) is 11.8. The molecule has 1 atom stereocenters. The van der Waals surface area contributed by atoms with Gasteiger partial charge in [0.15, 0.2) is 5.82 Å². The Morgan fingerprint density at radius 2 is 2.38 bits per heavy atom. The summed E-state index contributed by atoms with van der Waals surface area (Å²) in [5.74, 6) is 1.95. The van der Waals surface area contributed by atoms with Gasteiger partial charge >= 0.3 is 0 Å². The molecule has 0 bridgehead atoms. The van der Waals surface area contributed by atoms with Crippen LogP contribution in [-0.2, 0) is 19.4 Å². The summed E-state index contributed by atoms with van der Waals surface area (Å²) >= 11 is 5.92. The predicted molar refractivity (Wildman–Crippen MR) is 81.3 cm³/mol. The van der Waals surface area contributed by atoms with Gasteiger partial charge in [0.05, 0.1) is 17.8 Å². The van der Waals surface area contributed by atoms with Gasteiger partial charge in [0, 0.05) is 23.9 Å². The summed E-state index contributed by atoms with van der Waals surface area (Å²) in [7, 11) is 0. The van der Waals surface area contributed by atoms with Crippen molar-refractivity contribution in [3.05, 3.63) is 40.4 Å². The minimum atomic E-state index is 0.247. The van der Waals surface area contributed by atoms with Crippen molar-refractivity contribution < 1.29 is 0 Å². The third-order valence-corrected chi connectivity index (χ3v) is 3.91. The summed E-state index contributed by atoms with van der Waals surface area (Å²) < 4.78 is 1.97. The second kappa shape index (κ2) is 5.74. The van der Waals surface area contributed by atoms with Crippen LogP contribution in [0.2, 0.25) is 5.02 Å². The van der Waals surface area contributed by atoms with E-state index in [-0.39, 0.29) is 6.04 Å². The molecule has 1 unspecified atom stereocenters. The maximum Gasteiger partial charge on any atom is 0.150 e. The highest BCUT2D eigenvalue weighted by Gasteiger charge is 2.21. The summed E-state index contributed by atoms with van der Waals surface area (Å²) in [6, 6.07) is 7.76. The molecule has 5 nitrogen and oxygen atoms in total. The first-order valence-electron chi connectivity index (χ1n) is 7.08. The van der Waals surface area contributed by atoms with Gasteiger partial charge < -0.3 is 5.32 Å². The molecule has 0 saturated heterocycles. The van der Waals surface area contributed by atoms with E-state index in [0.29, 0.717) is 10.6 Å². The molecule has 2 heterocycles. The van der Waals surface area contributed by atoms with Crippen LogP contribution in [0, 0.1) is 11.3 Å². The first kappa shape index (κ1) is 13.9. The van der Waals surface area contributed by atoms with Gasteiger partial charge in [-0.1, -0.05) is 18.5 Å². The Labute approximate surface area is 128 Å². The van der Waals surface area contributed by atoms with Gasteiger partial charge in [-0.25, -0.2) is 9.67 Å². The highest BCUT2D eigenvalue weighted by atomic mass is 35.5. The Kier molecular flexibility index (Phi) is 3.80. The number of nitriles is 1. The number of halogens is 1. The van der Waals surface area contributed by atoms with Crippen molar-refractivity contribution in [1.29, 1.82) is 5.26 Å². The fraction of sp³-hybridized carbons (Fsp3) is 0.400. The van der Waals surface area contributed by atoms with Crippen molar-refractivity contribution in [1.82, 2.24) is 14.8 Å². The van der Waals surface area contributed by atoms with Crippen LogP contribution in [0.25, 0.3) is 0 Å². The Morgan fingerprint density at radius 1 is 1.52 bits per heavy atom. The van der Waals surface area contributed by atoms with Crippen LogP contribution in [0.15, 0.2) is 18.2 Å². The van der Waals surface area contributed by atoms with Gasteiger partial charge in [0.1, 0.15) is 11.9 Å². The standard InChI is InChI=1S/C15H16ClN5/c1-2-14-19-15-6-4-12(9-21(15)20-14)18-13-5-3-11(16)7-10(13)8-17/h3,5,7,12,18H,2,4,6,9H2,1H3. The zero-order chi connectivity index (χ0) is 14.8. The lowest BCUT2D eigenvalue weighted by molar-refractivity contribution is 0.440. The van der Waals surface area contributed by atoms with E-state index in [9.17, 15) is 5.26 Å².